The van der Waals surface area contributed by atoms with Gasteiger partial charge in [-0.15, -0.1) is 0 Å². The quantitative estimate of drug-likeness (QED) is 0.401. The second-order valence-electron chi connectivity index (χ2n) is 4.28. The zero-order valence-corrected chi connectivity index (χ0v) is 10.8. The summed E-state index contributed by atoms with van der Waals surface area (Å²) in [5.41, 5.74) is 0. The highest BCUT2D eigenvalue weighted by Crippen LogP contribution is 2.07. The Bertz CT molecular complexity index is 170. The summed E-state index contributed by atoms with van der Waals surface area (Å²) in [6.07, 6.45) is 19.8. The van der Waals surface area contributed by atoms with Crippen LogP contribution < -0.4 is 0 Å². The van der Waals surface area contributed by atoms with Crippen molar-refractivity contribution in [3.05, 3.63) is 24.3 Å². The molecule has 0 spiro atoms. The van der Waals surface area contributed by atoms with Crippen LogP contribution in [-0.2, 0) is 0 Å². The van der Waals surface area contributed by atoms with Gasteiger partial charge in [0.15, 0.2) is 0 Å². The SMILES string of the molecule is CCCC=CC=CCCCCCCCCO. The van der Waals surface area contributed by atoms with Crippen molar-refractivity contribution < 1.29 is 5.11 Å². The molecule has 0 aliphatic carbocycles. The molecule has 0 atom stereocenters. The Morgan fingerprint density at radius 2 is 1.31 bits per heavy atom. The van der Waals surface area contributed by atoms with Crippen molar-refractivity contribution in [2.75, 3.05) is 6.61 Å². The molecule has 0 heterocycles. The standard InChI is InChI=1S/C15H28O/c1-2-3-4-5-6-7-8-9-10-11-12-13-14-15-16/h4-7,16H,2-3,8-15H2,1H3. The van der Waals surface area contributed by atoms with Gasteiger partial charge in [-0.2, -0.15) is 0 Å². The first-order valence-electron chi connectivity index (χ1n) is 6.84. The second kappa shape index (κ2) is 14.4. The van der Waals surface area contributed by atoms with E-state index in [9.17, 15) is 0 Å². The van der Waals surface area contributed by atoms with Gasteiger partial charge in [-0.3, -0.25) is 0 Å². The van der Waals surface area contributed by atoms with E-state index < -0.39 is 0 Å². The number of unbranched alkanes of at least 4 members (excludes halogenated alkanes) is 7. The van der Waals surface area contributed by atoms with Gasteiger partial charge < -0.3 is 5.11 Å². The number of rotatable bonds is 11. The van der Waals surface area contributed by atoms with Gasteiger partial charge in [0.1, 0.15) is 0 Å². The summed E-state index contributed by atoms with van der Waals surface area (Å²) >= 11 is 0. The van der Waals surface area contributed by atoms with Crippen LogP contribution in [0.4, 0.5) is 0 Å². The summed E-state index contributed by atoms with van der Waals surface area (Å²) in [4.78, 5) is 0. The maximum absolute atomic E-state index is 8.61. The van der Waals surface area contributed by atoms with Gasteiger partial charge in [0.25, 0.3) is 0 Å². The predicted molar refractivity (Wildman–Crippen MR) is 72.6 cm³/mol. The number of hydrogen-bond acceptors (Lipinski definition) is 1. The molecule has 0 rings (SSSR count). The van der Waals surface area contributed by atoms with E-state index >= 15 is 0 Å². The lowest BCUT2D eigenvalue weighted by molar-refractivity contribution is 0.282. The molecule has 0 aliphatic rings. The van der Waals surface area contributed by atoms with Crippen LogP contribution in [-0.4, -0.2) is 11.7 Å². The zero-order valence-electron chi connectivity index (χ0n) is 10.8. The highest BCUT2D eigenvalue weighted by molar-refractivity contribution is 5.02. The average Bonchev–Trinajstić information content (AvgIpc) is 2.31. The molecular formula is C15H28O. The van der Waals surface area contributed by atoms with Crippen LogP contribution in [0.15, 0.2) is 24.3 Å². The van der Waals surface area contributed by atoms with Crippen molar-refractivity contribution in [1.29, 1.82) is 0 Å². The topological polar surface area (TPSA) is 20.2 Å². The molecule has 94 valence electrons. The van der Waals surface area contributed by atoms with Gasteiger partial charge in [-0.25, -0.2) is 0 Å². The van der Waals surface area contributed by atoms with Gasteiger partial charge >= 0.3 is 0 Å². The Kier molecular flexibility index (Phi) is 13.9. The highest BCUT2D eigenvalue weighted by Gasteiger charge is 1.89. The summed E-state index contributed by atoms with van der Waals surface area (Å²) in [7, 11) is 0. The molecule has 0 unspecified atom stereocenters. The Labute approximate surface area is 101 Å². The highest BCUT2D eigenvalue weighted by atomic mass is 16.2. The number of aliphatic hydroxyl groups is 1. The van der Waals surface area contributed by atoms with E-state index in [2.05, 4.69) is 31.2 Å². The van der Waals surface area contributed by atoms with Crippen molar-refractivity contribution in [3.63, 3.8) is 0 Å². The fraction of sp³-hybridized carbons (Fsp3) is 0.733. The molecule has 1 nitrogen and oxygen atoms in total. The van der Waals surface area contributed by atoms with Gasteiger partial charge in [0.2, 0.25) is 0 Å². The summed E-state index contributed by atoms with van der Waals surface area (Å²) in [6.45, 7) is 2.55. The molecule has 0 aromatic heterocycles. The van der Waals surface area contributed by atoms with Crippen LogP contribution in [0.5, 0.6) is 0 Å². The van der Waals surface area contributed by atoms with E-state index in [1.54, 1.807) is 0 Å². The number of aliphatic hydroxyl groups excluding tert-OH is 1. The van der Waals surface area contributed by atoms with Crippen LogP contribution >= 0.6 is 0 Å². The Morgan fingerprint density at radius 3 is 1.94 bits per heavy atom. The van der Waals surface area contributed by atoms with Crippen molar-refractivity contribution in [3.8, 4) is 0 Å². The molecule has 1 heteroatoms. The van der Waals surface area contributed by atoms with Crippen LogP contribution in [0, 0.1) is 0 Å². The van der Waals surface area contributed by atoms with Crippen LogP contribution in [0.25, 0.3) is 0 Å². The van der Waals surface area contributed by atoms with Crippen LogP contribution in [0.1, 0.15) is 64.7 Å². The van der Waals surface area contributed by atoms with Crippen LogP contribution in [0.3, 0.4) is 0 Å². The molecule has 0 aromatic carbocycles. The molecule has 16 heavy (non-hydrogen) atoms. The molecule has 0 saturated carbocycles. The van der Waals surface area contributed by atoms with E-state index in [1.165, 1.54) is 51.4 Å². The normalized spacial score (nSPS) is 11.9. The zero-order chi connectivity index (χ0) is 11.9. The summed E-state index contributed by atoms with van der Waals surface area (Å²) < 4.78 is 0. The maximum Gasteiger partial charge on any atom is 0.0431 e. The Balaban J connectivity index is 3.08. The lowest BCUT2D eigenvalue weighted by atomic mass is 10.1. The van der Waals surface area contributed by atoms with Gasteiger partial charge in [-0.05, 0) is 25.7 Å². The fourth-order valence-electron chi connectivity index (χ4n) is 1.60. The average molecular weight is 224 g/mol. The predicted octanol–water partition coefficient (Wildman–Crippen LogP) is 4.62. The molecule has 0 amide bonds. The summed E-state index contributed by atoms with van der Waals surface area (Å²) in [5.74, 6) is 0. The first kappa shape index (κ1) is 15.4. The lowest BCUT2D eigenvalue weighted by Gasteiger charge is -1.98. The third-order valence-electron chi connectivity index (χ3n) is 2.62. The van der Waals surface area contributed by atoms with Crippen molar-refractivity contribution >= 4 is 0 Å². The smallest absolute Gasteiger partial charge is 0.0431 e. The molecular weight excluding hydrogens is 196 g/mol. The second-order valence-corrected chi connectivity index (χ2v) is 4.28. The molecule has 0 radical (unpaired) electrons. The molecule has 1 N–H and O–H groups in total. The van der Waals surface area contributed by atoms with Gasteiger partial charge in [-0.1, -0.05) is 63.3 Å². The third kappa shape index (κ3) is 13.4. The summed E-state index contributed by atoms with van der Waals surface area (Å²) in [5, 5.41) is 8.61. The molecule has 0 aromatic rings. The Hall–Kier alpha value is -0.560. The molecule has 0 saturated heterocycles. The first-order valence-corrected chi connectivity index (χ1v) is 6.84. The Morgan fingerprint density at radius 1 is 0.750 bits per heavy atom. The number of hydrogen-bond donors (Lipinski definition) is 1. The monoisotopic (exact) mass is 224 g/mol. The van der Waals surface area contributed by atoms with Gasteiger partial charge in [0, 0.05) is 6.61 Å². The summed E-state index contributed by atoms with van der Waals surface area (Å²) in [6, 6.07) is 0. The van der Waals surface area contributed by atoms with E-state index in [-0.39, 0.29) is 0 Å². The van der Waals surface area contributed by atoms with E-state index in [0.717, 1.165) is 6.42 Å². The molecule has 0 fully saturated rings. The van der Waals surface area contributed by atoms with E-state index in [4.69, 9.17) is 5.11 Å². The maximum atomic E-state index is 8.61. The minimum atomic E-state index is 0.354. The molecule has 0 bridgehead atoms. The largest absolute Gasteiger partial charge is 0.396 e. The van der Waals surface area contributed by atoms with Crippen molar-refractivity contribution in [2.45, 2.75) is 64.7 Å². The third-order valence-corrected chi connectivity index (χ3v) is 2.62. The lowest BCUT2D eigenvalue weighted by Crippen LogP contribution is -1.83. The van der Waals surface area contributed by atoms with Crippen molar-refractivity contribution in [2.24, 2.45) is 0 Å². The molecule has 0 aliphatic heterocycles. The van der Waals surface area contributed by atoms with E-state index in [0.29, 0.717) is 6.61 Å². The van der Waals surface area contributed by atoms with Crippen LogP contribution in [0.2, 0.25) is 0 Å². The van der Waals surface area contributed by atoms with Gasteiger partial charge in [0.05, 0.1) is 0 Å². The van der Waals surface area contributed by atoms with Crippen molar-refractivity contribution in [1.82, 2.24) is 0 Å². The minimum Gasteiger partial charge on any atom is -0.396 e. The minimum absolute atomic E-state index is 0.354. The fourth-order valence-corrected chi connectivity index (χ4v) is 1.60. The number of allylic oxidation sites excluding steroid dienone is 4. The first-order chi connectivity index (χ1) is 7.91. The van der Waals surface area contributed by atoms with E-state index in [1.807, 2.05) is 0 Å².